The summed E-state index contributed by atoms with van der Waals surface area (Å²) in [5, 5.41) is 9.50. The Morgan fingerprint density at radius 3 is 2.31 bits per heavy atom. The molecule has 0 aliphatic heterocycles. The molecule has 0 aliphatic carbocycles. The summed E-state index contributed by atoms with van der Waals surface area (Å²) in [5.74, 6) is 0.837. The molecule has 0 spiro atoms. The normalized spacial score (nSPS) is 12.6. The third-order valence-corrected chi connectivity index (χ3v) is 5.01. The summed E-state index contributed by atoms with van der Waals surface area (Å²) in [6.45, 7) is 2.44. The predicted octanol–water partition coefficient (Wildman–Crippen LogP) is 4.35. The first-order valence-corrected chi connectivity index (χ1v) is 10.1. The number of fused-ring (bicyclic) bond motifs is 1. The van der Waals surface area contributed by atoms with Gasteiger partial charge in [0.15, 0.2) is 17.0 Å². The quantitative estimate of drug-likeness (QED) is 0.537. The molecule has 0 aromatic carbocycles. The number of nitrogens with zero attached hydrogens (tertiary/aromatic N) is 5. The van der Waals surface area contributed by atoms with E-state index in [-0.39, 0.29) is 12.6 Å². The van der Waals surface area contributed by atoms with Crippen LogP contribution in [0.15, 0.2) is 12.7 Å². The Hall–Kier alpha value is -1.69. The van der Waals surface area contributed by atoms with E-state index in [9.17, 15) is 5.11 Å². The van der Waals surface area contributed by atoms with Crippen molar-refractivity contribution in [1.29, 1.82) is 0 Å². The van der Waals surface area contributed by atoms with Crippen molar-refractivity contribution in [2.24, 2.45) is 0 Å². The van der Waals surface area contributed by atoms with Crippen LogP contribution in [0.4, 0.5) is 5.82 Å². The zero-order valence-electron chi connectivity index (χ0n) is 16.7. The minimum absolute atomic E-state index is 0.187. The molecule has 6 nitrogen and oxygen atoms in total. The topological polar surface area (TPSA) is 67.1 Å². The minimum Gasteiger partial charge on any atom is -0.396 e. The third-order valence-electron chi connectivity index (χ3n) is 5.01. The molecule has 0 amide bonds. The van der Waals surface area contributed by atoms with Gasteiger partial charge in [0, 0.05) is 26.7 Å². The van der Waals surface area contributed by atoms with Gasteiger partial charge in [-0.25, -0.2) is 15.0 Å². The number of hydrogen-bond acceptors (Lipinski definition) is 5. The van der Waals surface area contributed by atoms with Crippen LogP contribution in [0, 0.1) is 0 Å². The Balaban J connectivity index is 1.93. The van der Waals surface area contributed by atoms with Crippen LogP contribution in [0.2, 0.25) is 0 Å². The van der Waals surface area contributed by atoms with Crippen LogP contribution in [-0.4, -0.2) is 45.3 Å². The van der Waals surface area contributed by atoms with E-state index in [1.807, 2.05) is 25.3 Å². The van der Waals surface area contributed by atoms with Crippen LogP contribution in [0.1, 0.15) is 77.2 Å². The van der Waals surface area contributed by atoms with Crippen molar-refractivity contribution in [2.45, 2.75) is 77.2 Å². The van der Waals surface area contributed by atoms with Crippen LogP contribution >= 0.6 is 0 Å². The highest BCUT2D eigenvalue weighted by Gasteiger charge is 2.17. The van der Waals surface area contributed by atoms with Crippen molar-refractivity contribution in [3.63, 3.8) is 0 Å². The molecule has 1 unspecified atom stereocenters. The molecule has 0 saturated carbocycles. The molecule has 2 rings (SSSR count). The lowest BCUT2D eigenvalue weighted by atomic mass is 10.0. The van der Waals surface area contributed by atoms with E-state index in [1.165, 1.54) is 51.4 Å². The predicted molar refractivity (Wildman–Crippen MR) is 108 cm³/mol. The minimum atomic E-state index is 0.187. The lowest BCUT2D eigenvalue weighted by molar-refractivity contribution is 0.251. The number of aromatic nitrogens is 4. The molecular formula is C20H35N5O. The highest BCUT2D eigenvalue weighted by molar-refractivity contribution is 5.83. The molecule has 2 aromatic rings. The Morgan fingerprint density at radius 2 is 1.65 bits per heavy atom. The fraction of sp³-hybridized carbons (Fsp3) is 0.750. The fourth-order valence-corrected chi connectivity index (χ4v) is 3.52. The smallest absolute Gasteiger partial charge is 0.165 e. The van der Waals surface area contributed by atoms with Gasteiger partial charge >= 0.3 is 0 Å². The number of anilines is 1. The van der Waals surface area contributed by atoms with Crippen LogP contribution in [0.5, 0.6) is 0 Å². The van der Waals surface area contributed by atoms with Gasteiger partial charge in [0.25, 0.3) is 0 Å². The molecule has 6 heteroatoms. The van der Waals surface area contributed by atoms with E-state index in [1.54, 1.807) is 6.33 Å². The number of rotatable bonds is 13. The lowest BCUT2D eigenvalue weighted by Gasteiger charge is -2.18. The molecule has 1 N–H and O–H groups in total. The lowest BCUT2D eigenvalue weighted by Crippen LogP contribution is -2.13. The molecule has 0 aliphatic rings. The van der Waals surface area contributed by atoms with E-state index >= 15 is 0 Å². The van der Waals surface area contributed by atoms with Crippen LogP contribution in [0.3, 0.4) is 0 Å². The zero-order chi connectivity index (χ0) is 18.8. The highest BCUT2D eigenvalue weighted by Crippen LogP contribution is 2.27. The SMILES string of the molecule is CCCCCCCCCCC(CCO)n1cnc2c(N(C)C)ncnc21. The van der Waals surface area contributed by atoms with Crippen LogP contribution in [0.25, 0.3) is 11.2 Å². The van der Waals surface area contributed by atoms with Gasteiger partial charge < -0.3 is 14.6 Å². The molecule has 146 valence electrons. The standard InChI is InChI=1S/C20H35N5O/c1-4-5-6-7-8-9-10-11-12-17(13-14-26)25-16-23-18-19(24(2)3)21-15-22-20(18)25/h15-17,26H,4-14H2,1-3H3. The molecule has 0 saturated heterocycles. The second-order valence-electron chi connectivity index (χ2n) is 7.35. The summed E-state index contributed by atoms with van der Waals surface area (Å²) >= 11 is 0. The fourth-order valence-electron chi connectivity index (χ4n) is 3.52. The number of imidazole rings is 1. The Bertz CT molecular complexity index is 640. The number of hydrogen-bond donors (Lipinski definition) is 1. The molecule has 2 heterocycles. The monoisotopic (exact) mass is 361 g/mol. The first kappa shape index (κ1) is 20.6. The number of unbranched alkanes of at least 4 members (excludes halogenated alkanes) is 7. The molecule has 0 bridgehead atoms. The van der Waals surface area contributed by atoms with E-state index in [0.29, 0.717) is 0 Å². The van der Waals surface area contributed by atoms with Crippen molar-refractivity contribution in [3.05, 3.63) is 12.7 Å². The van der Waals surface area contributed by atoms with Gasteiger partial charge in [-0.05, 0) is 12.8 Å². The molecule has 26 heavy (non-hydrogen) atoms. The summed E-state index contributed by atoms with van der Waals surface area (Å²) in [6, 6.07) is 0.245. The van der Waals surface area contributed by atoms with E-state index < -0.39 is 0 Å². The summed E-state index contributed by atoms with van der Waals surface area (Å²) in [6.07, 6.45) is 15.8. The Morgan fingerprint density at radius 1 is 0.962 bits per heavy atom. The van der Waals surface area contributed by atoms with Crippen molar-refractivity contribution < 1.29 is 5.11 Å². The van der Waals surface area contributed by atoms with Gasteiger partial charge in [0.1, 0.15) is 6.33 Å². The summed E-state index contributed by atoms with van der Waals surface area (Å²) < 4.78 is 2.13. The van der Waals surface area contributed by atoms with Gasteiger partial charge in [-0.2, -0.15) is 0 Å². The van der Waals surface area contributed by atoms with E-state index in [2.05, 4.69) is 26.4 Å². The molecule has 2 aromatic heterocycles. The van der Waals surface area contributed by atoms with E-state index in [4.69, 9.17) is 0 Å². The van der Waals surface area contributed by atoms with Crippen molar-refractivity contribution >= 4 is 17.0 Å². The van der Waals surface area contributed by atoms with Crippen molar-refractivity contribution in [1.82, 2.24) is 19.5 Å². The average molecular weight is 362 g/mol. The van der Waals surface area contributed by atoms with Crippen LogP contribution < -0.4 is 4.90 Å². The summed E-state index contributed by atoms with van der Waals surface area (Å²) in [5.41, 5.74) is 1.69. The Labute approximate surface area is 157 Å². The highest BCUT2D eigenvalue weighted by atomic mass is 16.3. The second-order valence-corrected chi connectivity index (χ2v) is 7.35. The van der Waals surface area contributed by atoms with E-state index in [0.717, 1.165) is 29.8 Å². The second kappa shape index (κ2) is 11.1. The zero-order valence-corrected chi connectivity index (χ0v) is 16.7. The first-order valence-electron chi connectivity index (χ1n) is 10.1. The number of aliphatic hydroxyl groups is 1. The van der Waals surface area contributed by atoms with Gasteiger partial charge in [-0.3, -0.25) is 0 Å². The van der Waals surface area contributed by atoms with Gasteiger partial charge in [0.2, 0.25) is 0 Å². The summed E-state index contributed by atoms with van der Waals surface area (Å²) in [4.78, 5) is 15.3. The van der Waals surface area contributed by atoms with Gasteiger partial charge in [-0.15, -0.1) is 0 Å². The maximum absolute atomic E-state index is 9.50. The Kier molecular flexibility index (Phi) is 8.81. The maximum atomic E-state index is 9.50. The summed E-state index contributed by atoms with van der Waals surface area (Å²) in [7, 11) is 3.93. The third kappa shape index (κ3) is 5.66. The molecule has 0 fully saturated rings. The van der Waals surface area contributed by atoms with Gasteiger partial charge in [-0.1, -0.05) is 58.3 Å². The van der Waals surface area contributed by atoms with Crippen molar-refractivity contribution in [3.8, 4) is 0 Å². The maximum Gasteiger partial charge on any atom is 0.165 e. The molecule has 0 radical (unpaired) electrons. The average Bonchev–Trinajstić information content (AvgIpc) is 3.06. The van der Waals surface area contributed by atoms with Gasteiger partial charge in [0.05, 0.1) is 6.33 Å². The number of aliphatic hydroxyl groups excluding tert-OH is 1. The van der Waals surface area contributed by atoms with Crippen molar-refractivity contribution in [2.75, 3.05) is 25.6 Å². The largest absolute Gasteiger partial charge is 0.396 e. The first-order chi connectivity index (χ1) is 12.7. The molecular weight excluding hydrogens is 326 g/mol. The van der Waals surface area contributed by atoms with Crippen LogP contribution in [-0.2, 0) is 0 Å². The molecule has 1 atom stereocenters.